The van der Waals surface area contributed by atoms with Crippen LogP contribution in [0.2, 0.25) is 0 Å². The number of rotatable bonds is 6. The van der Waals surface area contributed by atoms with Crippen molar-refractivity contribution >= 4 is 17.6 Å². The van der Waals surface area contributed by atoms with Crippen LogP contribution in [0.15, 0.2) is 36.4 Å². The number of amides is 1. The van der Waals surface area contributed by atoms with Crippen LogP contribution in [0.3, 0.4) is 0 Å². The summed E-state index contributed by atoms with van der Waals surface area (Å²) < 4.78 is 26.6. The minimum atomic E-state index is -1.05. The molecule has 0 radical (unpaired) electrons. The van der Waals surface area contributed by atoms with Gasteiger partial charge in [0.05, 0.1) is 14.2 Å². The highest BCUT2D eigenvalue weighted by molar-refractivity contribution is 5.99. The van der Waals surface area contributed by atoms with Crippen molar-refractivity contribution in [3.63, 3.8) is 0 Å². The number of hydrogen-bond donors (Lipinski definition) is 1. The van der Waals surface area contributed by atoms with Gasteiger partial charge in [-0.2, -0.15) is 0 Å². The molecule has 2 aromatic carbocycles. The molecule has 1 N–H and O–H groups in total. The van der Waals surface area contributed by atoms with Crippen molar-refractivity contribution in [2.24, 2.45) is 0 Å². The zero-order valence-corrected chi connectivity index (χ0v) is 15.8. The molecule has 1 amide bonds. The predicted molar refractivity (Wildman–Crippen MR) is 100 cm³/mol. The zero-order valence-electron chi connectivity index (χ0n) is 15.8. The Bertz CT molecular complexity index is 859. The molecule has 28 heavy (non-hydrogen) atoms. The zero-order chi connectivity index (χ0) is 20.1. The molecular weight excluding hydrogens is 366 g/mol. The summed E-state index contributed by atoms with van der Waals surface area (Å²) in [6.45, 7) is 2.41. The van der Waals surface area contributed by atoms with Gasteiger partial charge in [0.1, 0.15) is 30.3 Å². The fourth-order valence-electron chi connectivity index (χ4n) is 2.69. The van der Waals surface area contributed by atoms with E-state index in [2.05, 4.69) is 5.32 Å². The maximum absolute atomic E-state index is 12.6. The van der Waals surface area contributed by atoms with Gasteiger partial charge in [-0.05, 0) is 31.2 Å². The second kappa shape index (κ2) is 8.51. The molecule has 148 valence electrons. The van der Waals surface area contributed by atoms with Gasteiger partial charge in [-0.1, -0.05) is 6.07 Å². The molecule has 1 aliphatic heterocycles. The molecule has 8 heteroatoms. The molecule has 2 aromatic rings. The summed E-state index contributed by atoms with van der Waals surface area (Å²) in [7, 11) is 2.87. The van der Waals surface area contributed by atoms with Crippen molar-refractivity contribution in [1.82, 2.24) is 0 Å². The lowest BCUT2D eigenvalue weighted by Crippen LogP contribution is -2.30. The van der Waals surface area contributed by atoms with Crippen LogP contribution in [0.4, 0.5) is 5.69 Å². The van der Waals surface area contributed by atoms with E-state index in [9.17, 15) is 9.59 Å². The molecule has 0 fully saturated rings. The minimum absolute atomic E-state index is 0.117. The van der Waals surface area contributed by atoms with Crippen molar-refractivity contribution in [3.05, 3.63) is 42.0 Å². The highest BCUT2D eigenvalue weighted by Gasteiger charge is 2.25. The number of carbonyl (C=O) groups excluding carboxylic acids is 2. The number of benzene rings is 2. The van der Waals surface area contributed by atoms with Crippen LogP contribution in [0.5, 0.6) is 23.0 Å². The van der Waals surface area contributed by atoms with Crippen molar-refractivity contribution < 1.29 is 33.3 Å². The molecule has 0 bridgehead atoms. The Balaban J connectivity index is 1.68. The van der Waals surface area contributed by atoms with Crippen LogP contribution < -0.4 is 24.3 Å². The predicted octanol–water partition coefficient (Wildman–Crippen LogP) is 2.66. The van der Waals surface area contributed by atoms with Gasteiger partial charge in [-0.15, -0.1) is 0 Å². The van der Waals surface area contributed by atoms with Crippen molar-refractivity contribution in [2.45, 2.75) is 13.0 Å². The van der Waals surface area contributed by atoms with Gasteiger partial charge >= 0.3 is 5.97 Å². The summed E-state index contributed by atoms with van der Waals surface area (Å²) in [6, 6.07) is 9.96. The molecular formula is C20H21NO7. The summed E-state index contributed by atoms with van der Waals surface area (Å²) >= 11 is 0. The van der Waals surface area contributed by atoms with E-state index in [1.807, 2.05) is 0 Å². The lowest BCUT2D eigenvalue weighted by Gasteiger charge is -2.20. The van der Waals surface area contributed by atoms with Crippen LogP contribution >= 0.6 is 0 Å². The number of fused-ring (bicyclic) bond motifs is 1. The minimum Gasteiger partial charge on any atom is -0.496 e. The smallest absolute Gasteiger partial charge is 0.346 e. The first-order valence-electron chi connectivity index (χ1n) is 8.66. The fourth-order valence-corrected chi connectivity index (χ4v) is 2.69. The first kappa shape index (κ1) is 19.3. The molecule has 0 saturated heterocycles. The summed E-state index contributed by atoms with van der Waals surface area (Å²) in [5.74, 6) is 0.546. The van der Waals surface area contributed by atoms with Crippen molar-refractivity contribution in [3.8, 4) is 23.0 Å². The van der Waals surface area contributed by atoms with Gasteiger partial charge in [0.2, 0.25) is 0 Å². The van der Waals surface area contributed by atoms with Gasteiger partial charge < -0.3 is 29.0 Å². The maximum Gasteiger partial charge on any atom is 0.346 e. The topological polar surface area (TPSA) is 92.3 Å². The lowest BCUT2D eigenvalue weighted by molar-refractivity contribution is -0.123. The van der Waals surface area contributed by atoms with E-state index in [4.69, 9.17) is 23.7 Å². The molecule has 0 saturated carbocycles. The molecule has 0 aliphatic carbocycles. The number of ether oxygens (including phenoxy) is 5. The van der Waals surface area contributed by atoms with E-state index in [0.717, 1.165) is 0 Å². The monoisotopic (exact) mass is 387 g/mol. The van der Waals surface area contributed by atoms with Crippen LogP contribution in [0.1, 0.15) is 17.3 Å². The van der Waals surface area contributed by atoms with E-state index in [-0.39, 0.29) is 5.56 Å². The van der Waals surface area contributed by atoms with Crippen LogP contribution in [-0.4, -0.2) is 45.4 Å². The third kappa shape index (κ3) is 4.11. The second-order valence-electron chi connectivity index (χ2n) is 5.93. The average Bonchev–Trinajstić information content (AvgIpc) is 2.72. The summed E-state index contributed by atoms with van der Waals surface area (Å²) in [5.41, 5.74) is 0.624. The molecule has 1 atom stereocenters. The molecule has 0 spiro atoms. The normalized spacial score (nSPS) is 13.2. The number of nitrogens with one attached hydrogen (secondary N) is 1. The Morgan fingerprint density at radius 1 is 1.00 bits per heavy atom. The van der Waals surface area contributed by atoms with Gasteiger partial charge in [0.25, 0.3) is 5.91 Å². The van der Waals surface area contributed by atoms with E-state index in [0.29, 0.717) is 41.9 Å². The molecule has 0 aromatic heterocycles. The van der Waals surface area contributed by atoms with Gasteiger partial charge in [-0.25, -0.2) is 4.79 Å². The van der Waals surface area contributed by atoms with Crippen LogP contribution in [0, 0.1) is 0 Å². The molecule has 1 aliphatic rings. The Morgan fingerprint density at radius 3 is 2.29 bits per heavy atom. The third-order valence-corrected chi connectivity index (χ3v) is 4.09. The van der Waals surface area contributed by atoms with Gasteiger partial charge in [0, 0.05) is 11.8 Å². The molecule has 0 unspecified atom stereocenters. The SMILES string of the molecule is COc1cccc(OC)c1C(=O)O[C@@H](C)C(=O)Nc1ccc2c(c1)OCCO2. The van der Waals surface area contributed by atoms with Crippen LogP contribution in [-0.2, 0) is 9.53 Å². The summed E-state index contributed by atoms with van der Waals surface area (Å²) in [6.07, 6.45) is -1.05. The Morgan fingerprint density at radius 2 is 1.64 bits per heavy atom. The van der Waals surface area contributed by atoms with Gasteiger partial charge in [0.15, 0.2) is 17.6 Å². The Hall–Kier alpha value is -3.42. The third-order valence-electron chi connectivity index (χ3n) is 4.09. The number of hydrogen-bond acceptors (Lipinski definition) is 7. The standard InChI is InChI=1S/C20H21NO7/c1-12(28-20(23)18-15(24-2)5-4-6-16(18)25-3)19(22)21-13-7-8-14-17(11-13)27-10-9-26-14/h4-8,11-12H,9-10H2,1-3H3,(H,21,22)/t12-/m0/s1. The first-order chi connectivity index (χ1) is 13.5. The number of esters is 1. The number of anilines is 1. The first-order valence-corrected chi connectivity index (χ1v) is 8.66. The largest absolute Gasteiger partial charge is 0.496 e. The molecule has 3 rings (SSSR count). The van der Waals surface area contributed by atoms with Crippen LogP contribution in [0.25, 0.3) is 0 Å². The Labute approximate surface area is 162 Å². The highest BCUT2D eigenvalue weighted by atomic mass is 16.6. The average molecular weight is 387 g/mol. The lowest BCUT2D eigenvalue weighted by atomic mass is 10.1. The Kier molecular flexibility index (Phi) is 5.88. The molecule has 8 nitrogen and oxygen atoms in total. The van der Waals surface area contributed by atoms with E-state index in [1.54, 1.807) is 36.4 Å². The van der Waals surface area contributed by atoms with E-state index < -0.39 is 18.0 Å². The van der Waals surface area contributed by atoms with E-state index in [1.165, 1.54) is 21.1 Å². The summed E-state index contributed by atoms with van der Waals surface area (Å²) in [4.78, 5) is 25.0. The number of methoxy groups -OCH3 is 2. The second-order valence-corrected chi connectivity index (χ2v) is 5.93. The summed E-state index contributed by atoms with van der Waals surface area (Å²) in [5, 5.41) is 2.69. The van der Waals surface area contributed by atoms with Crippen molar-refractivity contribution in [2.75, 3.05) is 32.8 Å². The molecule has 1 heterocycles. The number of carbonyl (C=O) groups is 2. The highest BCUT2D eigenvalue weighted by Crippen LogP contribution is 2.33. The maximum atomic E-state index is 12.6. The fraction of sp³-hybridized carbons (Fsp3) is 0.300. The van der Waals surface area contributed by atoms with Crippen molar-refractivity contribution in [1.29, 1.82) is 0 Å². The van der Waals surface area contributed by atoms with E-state index >= 15 is 0 Å². The van der Waals surface area contributed by atoms with Gasteiger partial charge in [-0.3, -0.25) is 4.79 Å². The quantitative estimate of drug-likeness (QED) is 0.762.